The lowest BCUT2D eigenvalue weighted by atomic mass is 9.47. The number of hydrogen-bond donors (Lipinski definition) is 0. The maximum atomic E-state index is 4.09. The van der Waals surface area contributed by atoms with Crippen molar-refractivity contribution in [3.05, 3.63) is 30.1 Å². The molecule has 0 spiro atoms. The van der Waals surface area contributed by atoms with Crippen LogP contribution in [0.1, 0.15) is 45.5 Å². The van der Waals surface area contributed by atoms with Gasteiger partial charge < -0.3 is 0 Å². The highest BCUT2D eigenvalue weighted by Crippen LogP contribution is 2.57. The van der Waals surface area contributed by atoms with Gasteiger partial charge in [0.05, 0.1) is 0 Å². The van der Waals surface area contributed by atoms with Crippen molar-refractivity contribution in [2.75, 3.05) is 0 Å². The standard InChI is InChI=1S/C13H20BN/c1-12(2)9-11(14-13(12,3)4)10-5-7-15-8-6-10/h5-8,11,14H,9H2,1-4H3. The van der Waals surface area contributed by atoms with E-state index in [1.54, 1.807) is 0 Å². The van der Waals surface area contributed by atoms with Gasteiger partial charge in [0.15, 0.2) is 0 Å². The molecule has 1 saturated heterocycles. The molecule has 1 aliphatic rings. The Morgan fingerprint density at radius 3 is 2.27 bits per heavy atom. The molecule has 1 aliphatic heterocycles. The summed E-state index contributed by atoms with van der Waals surface area (Å²) in [6, 6.07) is 4.34. The molecule has 1 fully saturated rings. The molecule has 1 aromatic heterocycles. The molecule has 2 heterocycles. The third kappa shape index (κ3) is 1.82. The molecule has 0 saturated carbocycles. The molecule has 0 amide bonds. The predicted octanol–water partition coefficient (Wildman–Crippen LogP) is 3.19. The predicted molar refractivity (Wildman–Crippen MR) is 66.6 cm³/mol. The van der Waals surface area contributed by atoms with Crippen LogP contribution in [0.4, 0.5) is 0 Å². The minimum atomic E-state index is 0.445. The van der Waals surface area contributed by atoms with E-state index in [9.17, 15) is 0 Å². The molecule has 0 radical (unpaired) electrons. The van der Waals surface area contributed by atoms with Crippen LogP contribution in [0, 0.1) is 5.41 Å². The van der Waals surface area contributed by atoms with Crippen molar-refractivity contribution >= 4 is 7.28 Å². The summed E-state index contributed by atoms with van der Waals surface area (Å²) in [6.45, 7) is 9.59. The second-order valence-electron chi connectivity index (χ2n) is 6.15. The maximum Gasteiger partial charge on any atom is 0.137 e. The van der Waals surface area contributed by atoms with Gasteiger partial charge in [-0.1, -0.05) is 33.0 Å². The summed E-state index contributed by atoms with van der Waals surface area (Å²) in [4.78, 5) is 4.09. The Bertz CT molecular complexity index is 327. The number of nitrogens with zero attached hydrogens (tertiary/aromatic N) is 1. The van der Waals surface area contributed by atoms with Crippen LogP contribution in [-0.4, -0.2) is 12.3 Å². The highest BCUT2D eigenvalue weighted by molar-refractivity contribution is 6.43. The molecular formula is C13H20BN. The highest BCUT2D eigenvalue weighted by Gasteiger charge is 2.47. The van der Waals surface area contributed by atoms with Gasteiger partial charge in [0.25, 0.3) is 0 Å². The van der Waals surface area contributed by atoms with E-state index in [1.165, 1.54) is 19.3 Å². The molecule has 15 heavy (non-hydrogen) atoms. The topological polar surface area (TPSA) is 12.9 Å². The zero-order chi connectivity index (χ0) is 11.1. The first-order valence-electron chi connectivity index (χ1n) is 5.82. The summed E-state index contributed by atoms with van der Waals surface area (Å²) in [6.07, 6.45) is 5.12. The SMILES string of the molecule is CC1(C)BC(c2ccncc2)CC1(C)C. The first-order valence-corrected chi connectivity index (χ1v) is 5.82. The third-order valence-electron chi connectivity index (χ3n) is 4.52. The average molecular weight is 201 g/mol. The molecule has 80 valence electrons. The normalized spacial score (nSPS) is 27.3. The molecule has 1 atom stereocenters. The summed E-state index contributed by atoms with van der Waals surface area (Å²) in [5, 5.41) is 0.445. The number of hydrogen-bond acceptors (Lipinski definition) is 1. The lowest BCUT2D eigenvalue weighted by molar-refractivity contribution is 0.272. The van der Waals surface area contributed by atoms with Crippen LogP contribution in [0.5, 0.6) is 0 Å². The monoisotopic (exact) mass is 201 g/mol. The van der Waals surface area contributed by atoms with Gasteiger partial charge in [0.2, 0.25) is 0 Å². The van der Waals surface area contributed by atoms with Crippen LogP contribution in [0.3, 0.4) is 0 Å². The van der Waals surface area contributed by atoms with Gasteiger partial charge in [-0.25, -0.2) is 0 Å². The van der Waals surface area contributed by atoms with Crippen LogP contribution < -0.4 is 0 Å². The van der Waals surface area contributed by atoms with E-state index < -0.39 is 0 Å². The van der Waals surface area contributed by atoms with Gasteiger partial charge in [-0.05, 0) is 35.3 Å². The van der Waals surface area contributed by atoms with Crippen LogP contribution >= 0.6 is 0 Å². The van der Waals surface area contributed by atoms with Gasteiger partial charge >= 0.3 is 0 Å². The van der Waals surface area contributed by atoms with E-state index in [1.807, 2.05) is 12.4 Å². The Morgan fingerprint density at radius 2 is 1.80 bits per heavy atom. The summed E-state index contributed by atoms with van der Waals surface area (Å²) < 4.78 is 0. The van der Waals surface area contributed by atoms with Crippen LogP contribution in [0.25, 0.3) is 0 Å². The molecule has 1 nitrogen and oxygen atoms in total. The van der Waals surface area contributed by atoms with Crippen molar-refractivity contribution in [1.82, 2.24) is 4.98 Å². The minimum absolute atomic E-state index is 0.445. The van der Waals surface area contributed by atoms with E-state index in [0.29, 0.717) is 10.7 Å². The lowest BCUT2D eigenvalue weighted by Crippen LogP contribution is -2.23. The Kier molecular flexibility index (Phi) is 2.40. The van der Waals surface area contributed by atoms with Crippen molar-refractivity contribution in [3.8, 4) is 0 Å². The fraction of sp³-hybridized carbons (Fsp3) is 0.615. The zero-order valence-corrected chi connectivity index (χ0v) is 10.2. The molecule has 1 aromatic rings. The molecule has 0 aliphatic carbocycles. The molecule has 1 unspecified atom stereocenters. The summed E-state index contributed by atoms with van der Waals surface area (Å²) in [7, 11) is 1.30. The van der Waals surface area contributed by atoms with E-state index in [0.717, 1.165) is 5.82 Å². The lowest BCUT2D eigenvalue weighted by Gasteiger charge is -2.34. The molecule has 0 bridgehead atoms. The van der Waals surface area contributed by atoms with Gasteiger partial charge in [0.1, 0.15) is 7.28 Å². The fourth-order valence-corrected chi connectivity index (χ4v) is 2.73. The second-order valence-corrected chi connectivity index (χ2v) is 6.15. The van der Waals surface area contributed by atoms with Crippen LogP contribution in [0.2, 0.25) is 5.31 Å². The number of rotatable bonds is 1. The van der Waals surface area contributed by atoms with Gasteiger partial charge in [-0.2, -0.15) is 0 Å². The highest BCUT2D eigenvalue weighted by atomic mass is 14.6. The number of aromatic nitrogens is 1. The maximum absolute atomic E-state index is 4.09. The smallest absolute Gasteiger partial charge is 0.137 e. The Morgan fingerprint density at radius 1 is 1.20 bits per heavy atom. The molecule has 2 heteroatoms. The van der Waals surface area contributed by atoms with Crippen molar-refractivity contribution in [3.63, 3.8) is 0 Å². The minimum Gasteiger partial charge on any atom is -0.265 e. The van der Waals surface area contributed by atoms with Crippen molar-refractivity contribution < 1.29 is 0 Å². The van der Waals surface area contributed by atoms with Crippen molar-refractivity contribution in [2.45, 2.75) is 45.2 Å². The van der Waals surface area contributed by atoms with E-state index in [2.05, 4.69) is 44.8 Å². The third-order valence-corrected chi connectivity index (χ3v) is 4.52. The molecule has 0 aromatic carbocycles. The van der Waals surface area contributed by atoms with E-state index >= 15 is 0 Å². The van der Waals surface area contributed by atoms with E-state index in [4.69, 9.17) is 0 Å². The van der Waals surface area contributed by atoms with Gasteiger partial charge in [0, 0.05) is 12.4 Å². The van der Waals surface area contributed by atoms with Crippen molar-refractivity contribution in [2.24, 2.45) is 5.41 Å². The summed E-state index contributed by atoms with van der Waals surface area (Å²) in [5.41, 5.74) is 1.91. The van der Waals surface area contributed by atoms with E-state index in [-0.39, 0.29) is 0 Å². The van der Waals surface area contributed by atoms with Gasteiger partial charge in [-0.3, -0.25) is 4.98 Å². The Balaban J connectivity index is 2.24. The average Bonchev–Trinajstić information content (AvgIpc) is 2.38. The Hall–Kier alpha value is -0.785. The largest absolute Gasteiger partial charge is 0.265 e. The number of pyridine rings is 1. The van der Waals surface area contributed by atoms with Crippen molar-refractivity contribution in [1.29, 1.82) is 0 Å². The molecular weight excluding hydrogens is 181 g/mol. The summed E-state index contributed by atoms with van der Waals surface area (Å²) >= 11 is 0. The quantitative estimate of drug-likeness (QED) is 0.636. The molecule has 0 N–H and O–H groups in total. The van der Waals surface area contributed by atoms with Crippen LogP contribution in [0.15, 0.2) is 24.5 Å². The molecule has 2 rings (SSSR count). The Labute approximate surface area is 93.6 Å². The summed E-state index contributed by atoms with van der Waals surface area (Å²) in [5.74, 6) is 0.720. The van der Waals surface area contributed by atoms with Gasteiger partial charge in [-0.15, -0.1) is 0 Å². The first-order chi connectivity index (χ1) is 6.92. The zero-order valence-electron chi connectivity index (χ0n) is 10.2. The second kappa shape index (κ2) is 3.36. The fourth-order valence-electron chi connectivity index (χ4n) is 2.73. The first kappa shape index (κ1) is 10.7. The van der Waals surface area contributed by atoms with Crippen LogP contribution in [-0.2, 0) is 0 Å².